The molecule has 0 bridgehead atoms. The second-order valence-corrected chi connectivity index (χ2v) is 7.48. The summed E-state index contributed by atoms with van der Waals surface area (Å²) in [4.78, 5) is 23.0. The molecule has 4 rings (SSSR count). The van der Waals surface area contributed by atoms with Crippen LogP contribution in [0.15, 0.2) is 65.7 Å². The molecule has 158 valence electrons. The molecule has 0 aliphatic heterocycles. The van der Waals surface area contributed by atoms with Gasteiger partial charge in [-0.2, -0.15) is 8.78 Å². The third-order valence-electron chi connectivity index (χ3n) is 4.82. The summed E-state index contributed by atoms with van der Waals surface area (Å²) in [5.74, 6) is 0.550. The van der Waals surface area contributed by atoms with E-state index in [1.807, 2.05) is 18.2 Å². The smallest absolute Gasteiger partial charge is 0.387 e. The van der Waals surface area contributed by atoms with Crippen molar-refractivity contribution in [3.63, 3.8) is 0 Å². The van der Waals surface area contributed by atoms with Crippen molar-refractivity contribution in [2.75, 3.05) is 0 Å². The van der Waals surface area contributed by atoms with E-state index in [9.17, 15) is 13.6 Å². The summed E-state index contributed by atoms with van der Waals surface area (Å²) in [6.45, 7) is -2.92. The maximum atomic E-state index is 12.3. The monoisotopic (exact) mass is 441 g/mol. The number of fused-ring (bicyclic) bond motifs is 1. The van der Waals surface area contributed by atoms with Gasteiger partial charge in [0.15, 0.2) is 0 Å². The lowest BCUT2D eigenvalue weighted by Crippen LogP contribution is -2.03. The number of rotatable bonds is 7. The lowest BCUT2D eigenvalue weighted by molar-refractivity contribution is -0.0497. The third-order valence-corrected chi connectivity index (χ3v) is 5.12. The van der Waals surface area contributed by atoms with Crippen LogP contribution in [0.2, 0.25) is 5.02 Å². The number of halogens is 3. The molecule has 0 aliphatic rings. The first-order valence-electron chi connectivity index (χ1n) is 9.61. The molecule has 0 fully saturated rings. The average molecular weight is 442 g/mol. The Morgan fingerprint density at radius 2 is 1.68 bits per heavy atom. The van der Waals surface area contributed by atoms with Crippen molar-refractivity contribution in [1.29, 1.82) is 0 Å². The van der Waals surface area contributed by atoms with Crippen molar-refractivity contribution in [2.45, 2.75) is 25.9 Å². The third kappa shape index (κ3) is 5.44. The fraction of sp³-hybridized carbons (Fsp3) is 0.174. The topological polar surface area (TPSA) is 67.9 Å². The second-order valence-electron chi connectivity index (χ2n) is 7.07. The maximum Gasteiger partial charge on any atom is 0.387 e. The molecule has 4 aromatic rings. The summed E-state index contributed by atoms with van der Waals surface area (Å²) in [6, 6.07) is 14.0. The number of aromatic amines is 1. The minimum absolute atomic E-state index is 0.0586. The summed E-state index contributed by atoms with van der Waals surface area (Å²) in [6.07, 6.45) is 5.60. The number of pyridine rings is 1. The molecule has 0 aliphatic carbocycles. The van der Waals surface area contributed by atoms with Crippen LogP contribution in [0.1, 0.15) is 22.5 Å². The molecule has 1 N–H and O–H groups in total. The molecule has 0 amide bonds. The first kappa shape index (κ1) is 20.9. The van der Waals surface area contributed by atoms with Crippen molar-refractivity contribution in [3.05, 3.63) is 98.8 Å². The minimum atomic E-state index is -2.92. The van der Waals surface area contributed by atoms with Gasteiger partial charge in [-0.05, 0) is 65.3 Å². The molecule has 0 unspecified atom stereocenters. The predicted molar refractivity (Wildman–Crippen MR) is 115 cm³/mol. The molecule has 31 heavy (non-hydrogen) atoms. The van der Waals surface area contributed by atoms with Crippen molar-refractivity contribution in [1.82, 2.24) is 15.0 Å². The fourth-order valence-corrected chi connectivity index (χ4v) is 3.53. The van der Waals surface area contributed by atoms with Crippen molar-refractivity contribution in [2.24, 2.45) is 0 Å². The summed E-state index contributed by atoms with van der Waals surface area (Å²) in [5.41, 5.74) is 3.66. The molecular formula is C23H18ClF2N3O2. The number of nitrogens with zero attached hydrogens (tertiary/aromatic N) is 2. The summed E-state index contributed by atoms with van der Waals surface area (Å²) in [7, 11) is 0. The predicted octanol–water partition coefficient (Wildman–Crippen LogP) is 4.95. The van der Waals surface area contributed by atoms with E-state index in [0.717, 1.165) is 40.4 Å². The van der Waals surface area contributed by atoms with E-state index >= 15 is 0 Å². The highest BCUT2D eigenvalue weighted by Crippen LogP contribution is 2.27. The average Bonchev–Trinajstić information content (AvgIpc) is 2.75. The Kier molecular flexibility index (Phi) is 6.23. The van der Waals surface area contributed by atoms with Gasteiger partial charge in [0.1, 0.15) is 11.6 Å². The number of hydrogen-bond acceptors (Lipinski definition) is 4. The van der Waals surface area contributed by atoms with Gasteiger partial charge < -0.3 is 9.72 Å². The van der Waals surface area contributed by atoms with Crippen LogP contribution in [0, 0.1) is 0 Å². The SMILES string of the molecule is O=c1ccc2cc(CCc3cnc(Cc4ccc(OC(F)F)c(Cl)c4)nc3)ccc2[nH]1. The number of H-pyrrole nitrogens is 1. The highest BCUT2D eigenvalue weighted by Gasteiger charge is 2.10. The van der Waals surface area contributed by atoms with Gasteiger partial charge in [0.25, 0.3) is 0 Å². The Labute approximate surface area is 181 Å². The molecule has 5 nitrogen and oxygen atoms in total. The number of aryl methyl sites for hydroxylation is 2. The molecule has 0 spiro atoms. The van der Waals surface area contributed by atoms with Gasteiger partial charge >= 0.3 is 6.61 Å². The first-order chi connectivity index (χ1) is 15.0. The van der Waals surface area contributed by atoms with Gasteiger partial charge in [-0.3, -0.25) is 4.79 Å². The lowest BCUT2D eigenvalue weighted by atomic mass is 10.0. The van der Waals surface area contributed by atoms with Crippen LogP contribution in [-0.4, -0.2) is 21.6 Å². The minimum Gasteiger partial charge on any atom is -0.433 e. The normalized spacial score (nSPS) is 11.2. The van der Waals surface area contributed by atoms with E-state index in [4.69, 9.17) is 11.6 Å². The molecule has 8 heteroatoms. The Morgan fingerprint density at radius 1 is 0.935 bits per heavy atom. The molecule has 2 heterocycles. The zero-order valence-electron chi connectivity index (χ0n) is 16.3. The zero-order chi connectivity index (χ0) is 21.8. The van der Waals surface area contributed by atoms with E-state index in [2.05, 4.69) is 25.8 Å². The van der Waals surface area contributed by atoms with Crippen molar-refractivity contribution < 1.29 is 13.5 Å². The van der Waals surface area contributed by atoms with Gasteiger partial charge in [-0.15, -0.1) is 0 Å². The van der Waals surface area contributed by atoms with Crippen LogP contribution in [0.5, 0.6) is 5.75 Å². The highest BCUT2D eigenvalue weighted by molar-refractivity contribution is 6.32. The van der Waals surface area contributed by atoms with Crippen LogP contribution in [0.4, 0.5) is 8.78 Å². The Balaban J connectivity index is 1.37. The van der Waals surface area contributed by atoms with Gasteiger partial charge in [-0.25, -0.2) is 9.97 Å². The van der Waals surface area contributed by atoms with Crippen LogP contribution in [0.3, 0.4) is 0 Å². The van der Waals surface area contributed by atoms with E-state index in [1.54, 1.807) is 24.5 Å². The highest BCUT2D eigenvalue weighted by atomic mass is 35.5. The quantitative estimate of drug-likeness (QED) is 0.440. The largest absolute Gasteiger partial charge is 0.433 e. The number of aromatic nitrogens is 3. The van der Waals surface area contributed by atoms with Crippen molar-refractivity contribution in [3.8, 4) is 5.75 Å². The van der Waals surface area contributed by atoms with Crippen LogP contribution >= 0.6 is 11.6 Å². The fourth-order valence-electron chi connectivity index (χ4n) is 3.28. The molecule has 0 saturated heterocycles. The Morgan fingerprint density at radius 3 is 2.42 bits per heavy atom. The maximum absolute atomic E-state index is 12.3. The van der Waals surface area contributed by atoms with Crippen LogP contribution < -0.4 is 10.3 Å². The molecule has 0 radical (unpaired) electrons. The Hall–Kier alpha value is -3.32. The molecule has 0 atom stereocenters. The number of alkyl halides is 2. The van der Waals surface area contributed by atoms with E-state index in [0.29, 0.717) is 12.2 Å². The molecule has 0 saturated carbocycles. The molecule has 2 aromatic heterocycles. The molecule has 2 aromatic carbocycles. The van der Waals surface area contributed by atoms with Crippen molar-refractivity contribution >= 4 is 22.5 Å². The zero-order valence-corrected chi connectivity index (χ0v) is 17.1. The van der Waals surface area contributed by atoms with E-state index < -0.39 is 6.61 Å². The van der Waals surface area contributed by atoms with E-state index in [-0.39, 0.29) is 16.3 Å². The Bertz CT molecular complexity index is 1260. The number of benzene rings is 2. The summed E-state index contributed by atoms with van der Waals surface area (Å²) < 4.78 is 29.0. The molecular weight excluding hydrogens is 424 g/mol. The number of hydrogen-bond donors (Lipinski definition) is 1. The van der Waals surface area contributed by atoms with Gasteiger partial charge in [0.2, 0.25) is 5.56 Å². The van der Waals surface area contributed by atoms with Crippen LogP contribution in [-0.2, 0) is 19.3 Å². The van der Waals surface area contributed by atoms with Crippen LogP contribution in [0.25, 0.3) is 10.9 Å². The summed E-state index contributed by atoms with van der Waals surface area (Å²) >= 11 is 5.99. The summed E-state index contributed by atoms with van der Waals surface area (Å²) in [5, 5.41) is 1.11. The second kappa shape index (κ2) is 9.22. The first-order valence-corrected chi connectivity index (χ1v) is 9.99. The lowest BCUT2D eigenvalue weighted by Gasteiger charge is -2.08. The van der Waals surface area contributed by atoms with E-state index in [1.165, 1.54) is 12.1 Å². The van der Waals surface area contributed by atoms with Gasteiger partial charge in [0.05, 0.1) is 5.02 Å². The van der Waals surface area contributed by atoms with Gasteiger partial charge in [-0.1, -0.05) is 23.7 Å². The standard InChI is InChI=1S/C23H18ClF2N3O2/c24-18-10-15(4-7-20(18)31-23(25)26)11-21-27-12-16(13-28-21)2-1-14-3-6-19-17(9-14)5-8-22(30)29-19/h3-10,12-13,23H,1-2,11H2,(H,29,30). The van der Waals surface area contributed by atoms with Gasteiger partial charge in [0, 0.05) is 30.4 Å². The number of ether oxygens (including phenoxy) is 1. The number of nitrogens with one attached hydrogen (secondary N) is 1.